The zero-order chi connectivity index (χ0) is 10.6. The second-order valence-corrected chi connectivity index (χ2v) is 5.52. The molecule has 1 rings (SSSR count). The number of carbonyl (C=O) groups excluding carboxylic acids is 1. The summed E-state index contributed by atoms with van der Waals surface area (Å²) in [6, 6.07) is 0.152. The summed E-state index contributed by atoms with van der Waals surface area (Å²) in [6.45, 7) is 4.03. The third-order valence-electron chi connectivity index (χ3n) is 1.64. The Hall–Kier alpha value is -0.490. The van der Waals surface area contributed by atoms with Crippen molar-refractivity contribution < 1.29 is 4.79 Å². The number of hydrogen-bond donors (Lipinski definition) is 1. The standard InChI is InChI=1S/C8H12BrN3OS/c1-5(9)3-6(2)11-8(13)7-4-10-12-14-7/h4-6H,3H2,1-2H3,(H,11,13). The summed E-state index contributed by atoms with van der Waals surface area (Å²) in [4.78, 5) is 12.5. The smallest absolute Gasteiger partial charge is 0.264 e. The first-order chi connectivity index (χ1) is 6.59. The number of carbonyl (C=O) groups is 1. The van der Waals surface area contributed by atoms with Gasteiger partial charge >= 0.3 is 0 Å². The van der Waals surface area contributed by atoms with Crippen molar-refractivity contribution in [1.82, 2.24) is 14.9 Å². The molecule has 0 bridgehead atoms. The Labute approximate surface area is 95.4 Å². The van der Waals surface area contributed by atoms with Crippen molar-refractivity contribution in [3.8, 4) is 0 Å². The average molecular weight is 278 g/mol. The fourth-order valence-electron chi connectivity index (χ4n) is 1.11. The predicted molar refractivity (Wildman–Crippen MR) is 59.8 cm³/mol. The number of amides is 1. The maximum atomic E-state index is 11.5. The number of aromatic nitrogens is 2. The first-order valence-electron chi connectivity index (χ1n) is 4.32. The summed E-state index contributed by atoms with van der Waals surface area (Å²) >= 11 is 4.55. The molecule has 0 spiro atoms. The lowest BCUT2D eigenvalue weighted by molar-refractivity contribution is 0.0942. The Kier molecular flexibility index (Phi) is 4.47. The lowest BCUT2D eigenvalue weighted by atomic mass is 10.2. The first kappa shape index (κ1) is 11.6. The van der Waals surface area contributed by atoms with Crippen LogP contribution in [0.2, 0.25) is 0 Å². The number of halogens is 1. The van der Waals surface area contributed by atoms with Gasteiger partial charge in [-0.2, -0.15) is 0 Å². The highest BCUT2D eigenvalue weighted by atomic mass is 79.9. The molecule has 1 heterocycles. The molecule has 78 valence electrons. The van der Waals surface area contributed by atoms with Crippen LogP contribution in [0.5, 0.6) is 0 Å². The molecule has 6 heteroatoms. The van der Waals surface area contributed by atoms with Crippen molar-refractivity contribution >= 4 is 33.4 Å². The molecule has 0 aromatic carbocycles. The maximum absolute atomic E-state index is 11.5. The van der Waals surface area contributed by atoms with Crippen molar-refractivity contribution in [3.05, 3.63) is 11.1 Å². The number of hydrogen-bond acceptors (Lipinski definition) is 4. The monoisotopic (exact) mass is 277 g/mol. The van der Waals surface area contributed by atoms with Crippen LogP contribution in [0.3, 0.4) is 0 Å². The summed E-state index contributed by atoms with van der Waals surface area (Å²) in [7, 11) is 0. The molecule has 14 heavy (non-hydrogen) atoms. The normalized spacial score (nSPS) is 14.8. The molecule has 2 unspecified atom stereocenters. The molecule has 1 amide bonds. The minimum absolute atomic E-state index is 0.0966. The van der Waals surface area contributed by atoms with Gasteiger partial charge in [-0.3, -0.25) is 4.79 Å². The minimum atomic E-state index is -0.0966. The van der Waals surface area contributed by atoms with Crippen molar-refractivity contribution in [3.63, 3.8) is 0 Å². The van der Waals surface area contributed by atoms with Gasteiger partial charge in [-0.1, -0.05) is 27.3 Å². The van der Waals surface area contributed by atoms with Gasteiger partial charge in [0.05, 0.1) is 6.20 Å². The highest BCUT2D eigenvalue weighted by molar-refractivity contribution is 9.09. The molecule has 0 aliphatic carbocycles. The molecule has 0 fully saturated rings. The lowest BCUT2D eigenvalue weighted by Gasteiger charge is -2.13. The van der Waals surface area contributed by atoms with Crippen LogP contribution in [0.4, 0.5) is 0 Å². The van der Waals surface area contributed by atoms with Gasteiger partial charge in [0.15, 0.2) is 0 Å². The van der Waals surface area contributed by atoms with E-state index in [1.165, 1.54) is 6.20 Å². The fraction of sp³-hybridized carbons (Fsp3) is 0.625. The van der Waals surface area contributed by atoms with E-state index in [4.69, 9.17) is 0 Å². The van der Waals surface area contributed by atoms with E-state index < -0.39 is 0 Å². The average Bonchev–Trinajstić information content (AvgIpc) is 2.53. The van der Waals surface area contributed by atoms with Gasteiger partial charge in [-0.15, -0.1) is 5.10 Å². The Bertz CT molecular complexity index is 289. The highest BCUT2D eigenvalue weighted by Crippen LogP contribution is 2.08. The summed E-state index contributed by atoms with van der Waals surface area (Å²) in [6.07, 6.45) is 2.38. The van der Waals surface area contributed by atoms with Crippen LogP contribution in [0, 0.1) is 0 Å². The van der Waals surface area contributed by atoms with Gasteiger partial charge in [-0.25, -0.2) is 0 Å². The van der Waals surface area contributed by atoms with Crippen LogP contribution in [0.15, 0.2) is 6.20 Å². The van der Waals surface area contributed by atoms with E-state index in [0.717, 1.165) is 18.0 Å². The van der Waals surface area contributed by atoms with E-state index in [-0.39, 0.29) is 11.9 Å². The van der Waals surface area contributed by atoms with Crippen molar-refractivity contribution in [2.24, 2.45) is 0 Å². The Morgan fingerprint density at radius 3 is 2.93 bits per heavy atom. The topological polar surface area (TPSA) is 54.9 Å². The molecule has 4 nitrogen and oxygen atoms in total. The molecule has 0 saturated carbocycles. The zero-order valence-corrected chi connectivity index (χ0v) is 10.4. The van der Waals surface area contributed by atoms with Gasteiger partial charge in [0.1, 0.15) is 4.88 Å². The minimum Gasteiger partial charge on any atom is -0.349 e. The fourth-order valence-corrected chi connectivity index (χ4v) is 2.09. The number of nitrogens with zero attached hydrogens (tertiary/aromatic N) is 2. The van der Waals surface area contributed by atoms with Crippen molar-refractivity contribution in [2.75, 3.05) is 0 Å². The van der Waals surface area contributed by atoms with Crippen LogP contribution in [-0.4, -0.2) is 26.4 Å². The van der Waals surface area contributed by atoms with Crippen LogP contribution in [0.25, 0.3) is 0 Å². The Morgan fingerprint density at radius 2 is 2.43 bits per heavy atom. The molecule has 0 aliphatic heterocycles. The molecule has 0 aliphatic rings. The van der Waals surface area contributed by atoms with Crippen LogP contribution < -0.4 is 5.32 Å². The molecule has 1 aromatic heterocycles. The largest absolute Gasteiger partial charge is 0.349 e. The number of nitrogens with one attached hydrogen (secondary N) is 1. The van der Waals surface area contributed by atoms with E-state index in [9.17, 15) is 4.79 Å². The van der Waals surface area contributed by atoms with Crippen molar-refractivity contribution in [2.45, 2.75) is 31.1 Å². The van der Waals surface area contributed by atoms with E-state index in [1.54, 1.807) is 0 Å². The third-order valence-corrected chi connectivity index (χ3v) is 2.68. The molecule has 1 N–H and O–H groups in total. The van der Waals surface area contributed by atoms with Gasteiger partial charge in [0, 0.05) is 10.9 Å². The summed E-state index contributed by atoms with van der Waals surface area (Å²) in [5.41, 5.74) is 0. The van der Waals surface area contributed by atoms with Crippen LogP contribution in [-0.2, 0) is 0 Å². The Morgan fingerprint density at radius 1 is 1.71 bits per heavy atom. The number of alkyl halides is 1. The Balaban J connectivity index is 2.41. The predicted octanol–water partition coefficient (Wildman–Crippen LogP) is 1.83. The quantitative estimate of drug-likeness (QED) is 0.855. The molecule has 0 saturated heterocycles. The van der Waals surface area contributed by atoms with E-state index >= 15 is 0 Å². The molecule has 0 radical (unpaired) electrons. The molecular weight excluding hydrogens is 266 g/mol. The van der Waals surface area contributed by atoms with Crippen molar-refractivity contribution in [1.29, 1.82) is 0 Å². The van der Waals surface area contributed by atoms with Gasteiger partial charge < -0.3 is 5.32 Å². The summed E-state index contributed by atoms with van der Waals surface area (Å²) < 4.78 is 3.63. The molecule has 2 atom stereocenters. The van der Waals surface area contributed by atoms with Crippen LogP contribution in [0.1, 0.15) is 29.9 Å². The van der Waals surface area contributed by atoms with E-state index in [2.05, 4.69) is 37.8 Å². The molecular formula is C8H12BrN3OS. The van der Waals surface area contributed by atoms with Gasteiger partial charge in [-0.05, 0) is 24.9 Å². The first-order valence-corrected chi connectivity index (χ1v) is 6.00. The third kappa shape index (κ3) is 3.71. The summed E-state index contributed by atoms with van der Waals surface area (Å²) in [5, 5.41) is 6.48. The zero-order valence-electron chi connectivity index (χ0n) is 8.03. The van der Waals surface area contributed by atoms with E-state index in [0.29, 0.717) is 9.70 Å². The van der Waals surface area contributed by atoms with Crippen LogP contribution >= 0.6 is 27.5 Å². The SMILES string of the molecule is CC(Br)CC(C)NC(=O)c1cnns1. The van der Waals surface area contributed by atoms with Gasteiger partial charge in [0.25, 0.3) is 5.91 Å². The van der Waals surface area contributed by atoms with Gasteiger partial charge in [0.2, 0.25) is 0 Å². The molecule has 1 aromatic rings. The highest BCUT2D eigenvalue weighted by Gasteiger charge is 2.12. The second kappa shape index (κ2) is 5.41. The second-order valence-electron chi connectivity index (χ2n) is 3.17. The summed E-state index contributed by atoms with van der Waals surface area (Å²) in [5.74, 6) is -0.0966. The lowest BCUT2D eigenvalue weighted by Crippen LogP contribution is -2.33. The van der Waals surface area contributed by atoms with E-state index in [1.807, 2.05) is 6.92 Å². The number of rotatable bonds is 4. The maximum Gasteiger partial charge on any atom is 0.264 e.